The van der Waals surface area contributed by atoms with E-state index >= 15 is 0 Å². The van der Waals surface area contributed by atoms with Gasteiger partial charge < -0.3 is 15.5 Å². The summed E-state index contributed by atoms with van der Waals surface area (Å²) < 4.78 is 0. The first-order valence-electron chi connectivity index (χ1n) is 11.5. The van der Waals surface area contributed by atoms with Crippen molar-refractivity contribution < 1.29 is 0 Å². The van der Waals surface area contributed by atoms with E-state index in [0.717, 1.165) is 39.7 Å². The summed E-state index contributed by atoms with van der Waals surface area (Å²) in [7, 11) is 0. The molecular formula is C31H27N3. The molecule has 0 spiro atoms. The second-order valence-electron chi connectivity index (χ2n) is 8.00. The highest BCUT2D eigenvalue weighted by molar-refractivity contribution is 5.91. The minimum Gasteiger partial charge on any atom is -0.326 e. The quantitative estimate of drug-likeness (QED) is 0.277. The summed E-state index contributed by atoms with van der Waals surface area (Å²) in [5.74, 6) is 0. The van der Waals surface area contributed by atoms with E-state index < -0.39 is 0 Å². The largest absolute Gasteiger partial charge is 0.326 e. The normalized spacial score (nSPS) is 10.6. The van der Waals surface area contributed by atoms with Gasteiger partial charge >= 0.3 is 0 Å². The summed E-state index contributed by atoms with van der Waals surface area (Å²) in [5.41, 5.74) is 13.8. The van der Waals surface area contributed by atoms with Crippen LogP contribution in [0.3, 0.4) is 0 Å². The Morgan fingerprint density at radius 3 is 1.21 bits per heavy atom. The molecule has 0 unspecified atom stereocenters. The maximum atomic E-state index is 6.19. The second kappa shape index (κ2) is 10.1. The molecule has 0 aliphatic rings. The lowest BCUT2D eigenvalue weighted by molar-refractivity contribution is 1.06. The van der Waals surface area contributed by atoms with Crippen molar-refractivity contribution in [2.75, 3.05) is 9.80 Å². The van der Waals surface area contributed by atoms with Gasteiger partial charge in [0.05, 0.1) is 17.1 Å². The molecule has 0 aromatic heterocycles. The van der Waals surface area contributed by atoms with Crippen LogP contribution in [0.2, 0.25) is 0 Å². The van der Waals surface area contributed by atoms with E-state index in [1.807, 2.05) is 24.3 Å². The fraction of sp³-hybridized carbons (Fsp3) is 0.0323. The van der Waals surface area contributed by atoms with Gasteiger partial charge in [-0.1, -0.05) is 84.9 Å². The number of nitrogens with zero attached hydrogens (tertiary/aromatic N) is 2. The van der Waals surface area contributed by atoms with E-state index in [0.29, 0.717) is 6.54 Å². The number of hydrogen-bond acceptors (Lipinski definition) is 3. The highest BCUT2D eigenvalue weighted by Crippen LogP contribution is 2.45. The molecule has 0 aliphatic heterocycles. The van der Waals surface area contributed by atoms with Gasteiger partial charge in [0.15, 0.2) is 0 Å². The molecule has 0 heterocycles. The smallest absolute Gasteiger partial charge is 0.0702 e. The Bertz CT molecular complexity index is 1300. The van der Waals surface area contributed by atoms with E-state index in [2.05, 4.69) is 125 Å². The molecular weight excluding hydrogens is 414 g/mol. The molecule has 5 rings (SSSR count). The summed E-state index contributed by atoms with van der Waals surface area (Å²) in [6.45, 7) is 0.461. The van der Waals surface area contributed by atoms with Gasteiger partial charge in [-0.15, -0.1) is 0 Å². The van der Waals surface area contributed by atoms with Crippen molar-refractivity contribution in [2.45, 2.75) is 6.54 Å². The highest BCUT2D eigenvalue weighted by Gasteiger charge is 2.22. The van der Waals surface area contributed by atoms with Crippen LogP contribution in [0.25, 0.3) is 0 Å². The second-order valence-corrected chi connectivity index (χ2v) is 8.00. The van der Waals surface area contributed by atoms with E-state index in [4.69, 9.17) is 5.73 Å². The van der Waals surface area contributed by atoms with Gasteiger partial charge in [-0.25, -0.2) is 0 Å². The van der Waals surface area contributed by atoms with Gasteiger partial charge in [0.2, 0.25) is 0 Å². The van der Waals surface area contributed by atoms with Gasteiger partial charge in [0.25, 0.3) is 0 Å². The molecule has 3 heteroatoms. The van der Waals surface area contributed by atoms with Gasteiger partial charge in [-0.2, -0.15) is 0 Å². The fourth-order valence-corrected chi connectivity index (χ4v) is 4.31. The molecule has 5 aromatic rings. The average Bonchev–Trinajstić information content (AvgIpc) is 2.92. The summed E-state index contributed by atoms with van der Waals surface area (Å²) in [5, 5.41) is 0. The van der Waals surface area contributed by atoms with Crippen molar-refractivity contribution in [1.82, 2.24) is 0 Å². The van der Waals surface area contributed by atoms with Crippen molar-refractivity contribution in [1.29, 1.82) is 0 Å². The van der Waals surface area contributed by atoms with Crippen LogP contribution in [0.4, 0.5) is 34.1 Å². The summed E-state index contributed by atoms with van der Waals surface area (Å²) in [6, 6.07) is 48.3. The van der Waals surface area contributed by atoms with Crippen molar-refractivity contribution in [3.05, 3.63) is 145 Å². The Morgan fingerprint density at radius 2 is 0.735 bits per heavy atom. The molecule has 0 saturated heterocycles. The number of rotatable bonds is 7. The Morgan fingerprint density at radius 1 is 0.382 bits per heavy atom. The van der Waals surface area contributed by atoms with Crippen molar-refractivity contribution in [3.8, 4) is 0 Å². The van der Waals surface area contributed by atoms with Gasteiger partial charge in [-0.3, -0.25) is 0 Å². The topological polar surface area (TPSA) is 32.5 Å². The van der Waals surface area contributed by atoms with Crippen LogP contribution < -0.4 is 15.5 Å². The summed E-state index contributed by atoms with van der Waals surface area (Å²) >= 11 is 0. The molecule has 3 nitrogen and oxygen atoms in total. The van der Waals surface area contributed by atoms with Crippen LogP contribution >= 0.6 is 0 Å². The molecule has 34 heavy (non-hydrogen) atoms. The maximum absolute atomic E-state index is 6.19. The Hall–Kier alpha value is -4.34. The third kappa shape index (κ3) is 4.29. The average molecular weight is 442 g/mol. The number of nitrogens with two attached hydrogens (primary N) is 1. The lowest BCUT2D eigenvalue weighted by atomic mass is 10.1. The summed E-state index contributed by atoms with van der Waals surface area (Å²) in [6.07, 6.45) is 0. The number of hydrogen-bond donors (Lipinski definition) is 1. The monoisotopic (exact) mass is 441 g/mol. The molecule has 0 fully saturated rings. The standard InChI is InChI=1S/C31H27N3/c32-24-25-14-10-11-21-29(25)34(28-19-8-3-9-20-28)31-23-13-12-22-30(31)33(26-15-4-1-5-16-26)27-17-6-2-7-18-27/h1-23H,24,32H2. The van der Waals surface area contributed by atoms with Crippen LogP contribution in [0.15, 0.2) is 140 Å². The van der Waals surface area contributed by atoms with Crippen LogP contribution in [0.1, 0.15) is 5.56 Å². The van der Waals surface area contributed by atoms with Gasteiger partial charge in [0.1, 0.15) is 0 Å². The molecule has 0 amide bonds. The third-order valence-corrected chi connectivity index (χ3v) is 5.86. The Balaban J connectivity index is 1.77. The van der Waals surface area contributed by atoms with E-state index in [9.17, 15) is 0 Å². The fourth-order valence-electron chi connectivity index (χ4n) is 4.31. The molecule has 0 atom stereocenters. The molecule has 2 N–H and O–H groups in total. The van der Waals surface area contributed by atoms with Crippen LogP contribution in [-0.2, 0) is 6.54 Å². The van der Waals surface area contributed by atoms with Crippen LogP contribution in [-0.4, -0.2) is 0 Å². The molecule has 5 aromatic carbocycles. The molecule has 0 aliphatic carbocycles. The Kier molecular flexibility index (Phi) is 6.37. The molecule has 0 bridgehead atoms. The molecule has 0 saturated carbocycles. The summed E-state index contributed by atoms with van der Waals surface area (Å²) in [4.78, 5) is 4.60. The van der Waals surface area contributed by atoms with E-state index in [-0.39, 0.29) is 0 Å². The highest BCUT2D eigenvalue weighted by atomic mass is 15.2. The first-order chi connectivity index (χ1) is 16.9. The van der Waals surface area contributed by atoms with Crippen molar-refractivity contribution >= 4 is 34.1 Å². The van der Waals surface area contributed by atoms with Crippen LogP contribution in [0.5, 0.6) is 0 Å². The molecule has 166 valence electrons. The van der Waals surface area contributed by atoms with Gasteiger partial charge in [-0.05, 0) is 60.2 Å². The minimum atomic E-state index is 0.461. The lowest BCUT2D eigenvalue weighted by Crippen LogP contribution is -2.18. The number of anilines is 6. The SMILES string of the molecule is NCc1ccccc1N(c1ccccc1)c1ccccc1N(c1ccccc1)c1ccccc1. The lowest BCUT2D eigenvalue weighted by Gasteiger charge is -2.33. The van der Waals surface area contributed by atoms with Crippen LogP contribution in [0, 0.1) is 0 Å². The maximum Gasteiger partial charge on any atom is 0.0702 e. The zero-order chi connectivity index (χ0) is 23.2. The predicted octanol–water partition coefficient (Wildman–Crippen LogP) is 8.08. The number of benzene rings is 5. The Labute approximate surface area is 201 Å². The van der Waals surface area contributed by atoms with Crippen molar-refractivity contribution in [2.24, 2.45) is 5.73 Å². The van der Waals surface area contributed by atoms with Gasteiger partial charge in [0, 0.05) is 23.6 Å². The van der Waals surface area contributed by atoms with E-state index in [1.54, 1.807) is 0 Å². The number of para-hydroxylation sites is 6. The zero-order valence-corrected chi connectivity index (χ0v) is 19.0. The van der Waals surface area contributed by atoms with E-state index in [1.165, 1.54) is 0 Å². The molecule has 0 radical (unpaired) electrons. The zero-order valence-electron chi connectivity index (χ0n) is 19.0. The van der Waals surface area contributed by atoms with Crippen molar-refractivity contribution in [3.63, 3.8) is 0 Å². The predicted molar refractivity (Wildman–Crippen MR) is 144 cm³/mol. The first-order valence-corrected chi connectivity index (χ1v) is 11.5. The third-order valence-electron chi connectivity index (χ3n) is 5.86. The first kappa shape index (κ1) is 21.5. The minimum absolute atomic E-state index is 0.461.